The second-order valence-corrected chi connectivity index (χ2v) is 28.3. The van der Waals surface area contributed by atoms with Gasteiger partial charge in [-0.05, 0) is 117 Å². The number of nitrogens with one attached hydrogen (secondary N) is 4. The number of amides is 3. The molecule has 3 amide bonds. The summed E-state index contributed by atoms with van der Waals surface area (Å²) in [7, 11) is 8.72. The van der Waals surface area contributed by atoms with E-state index in [0.29, 0.717) is 79.8 Å². The summed E-state index contributed by atoms with van der Waals surface area (Å²) in [5, 5.41) is 50.6. The minimum atomic E-state index is -0.425. The fourth-order valence-corrected chi connectivity index (χ4v) is 12.9. The van der Waals surface area contributed by atoms with Crippen molar-refractivity contribution in [3.05, 3.63) is 327 Å². The van der Waals surface area contributed by atoms with Crippen molar-refractivity contribution < 1.29 is 33.6 Å². The fourth-order valence-electron chi connectivity index (χ4n) is 12.0. The van der Waals surface area contributed by atoms with E-state index in [9.17, 15) is 38.4 Å². The number of aryl methyl sites for hydroxylation is 11. The fraction of sp³-hybridized carbons (Fsp3) is 0.186. The molecule has 0 saturated carbocycles. The van der Waals surface area contributed by atoms with E-state index in [1.165, 1.54) is 38.2 Å². The van der Waals surface area contributed by atoms with Gasteiger partial charge in [0.2, 0.25) is 5.43 Å². The molecule has 0 aliphatic carbocycles. The van der Waals surface area contributed by atoms with Gasteiger partial charge in [-0.25, -0.2) is 4.39 Å². The van der Waals surface area contributed by atoms with Crippen LogP contribution in [0.3, 0.4) is 0 Å². The monoisotopic (exact) mass is 1640 g/mol. The van der Waals surface area contributed by atoms with Crippen LogP contribution in [0.1, 0.15) is 115 Å². The van der Waals surface area contributed by atoms with Crippen molar-refractivity contribution in [2.24, 2.45) is 40.4 Å². The van der Waals surface area contributed by atoms with E-state index in [2.05, 4.69) is 87.1 Å². The molecule has 15 rings (SSSR count). The number of rotatable bonds is 17. The molecule has 0 aliphatic heterocycles. The second kappa shape index (κ2) is 38.6. The summed E-state index contributed by atoms with van der Waals surface area (Å²) < 4.78 is 21.9. The predicted molar refractivity (Wildman–Crippen MR) is 442 cm³/mol. The van der Waals surface area contributed by atoms with Crippen molar-refractivity contribution in [3.8, 4) is 0 Å². The van der Waals surface area contributed by atoms with Crippen molar-refractivity contribution in [3.63, 3.8) is 0 Å². The minimum absolute atomic E-state index is 0.0262. The number of halogens is 1. The average molecular weight is 1640 g/mol. The molecule has 10 heterocycles. The Bertz CT molecular complexity index is 5890. The molecule has 0 atom stereocenters. The summed E-state index contributed by atoms with van der Waals surface area (Å²) >= 11 is 8.31. The number of aromatic nitrogens is 15. The molecule has 5 N–H and O–H groups in total. The van der Waals surface area contributed by atoms with Crippen LogP contribution in [0.15, 0.2) is 223 Å². The Morgan fingerprint density at radius 1 is 0.414 bits per heavy atom. The number of benzene rings is 5. The Labute approximate surface area is 677 Å². The Hall–Kier alpha value is -13.8. The number of carbonyl (C=O) groups is 5. The van der Waals surface area contributed by atoms with Crippen molar-refractivity contribution in [1.29, 1.82) is 5.41 Å². The number of ketones is 2. The van der Waals surface area contributed by atoms with E-state index in [1.807, 2.05) is 149 Å². The standard InChI is InChI=1S/C18H17N3O2.C17H15FN4O.C17H17N5O2.C17H16N4OS.C17H16N4OSe/c1-12-5-7-13(8-6-12)9-10-15(22)17-18(23)16-14(21(2)20-17)4-3-11-19-16;1-22-13-3-2-10-20-16(13)15(19)17(21-22)14(23)9-6-11-4-7-12(18)8-5-11;1-11-5-7-12(8-6-11)10-19-17(23)16-15(21-24)14-13(22(2)20-16)4-3-9-18-14;2*1-11-5-7-12(8-6-11)10-19-17(22)15-16(23)14-13(21(2)20-15)4-3-9-18-14/h3-8,11H,9-10H2,1-2H3;2-5,7-8,10,19H,6,9H2,1H3;3-9,24H,10H2,1-2H3,(H,19,23);2*3-9H,10H2,1-2H3,(H,19,22)/b;;21-15-;;. The first-order chi connectivity index (χ1) is 55.8. The third kappa shape index (κ3) is 20.7. The zero-order valence-electron chi connectivity index (χ0n) is 64.9. The van der Waals surface area contributed by atoms with Gasteiger partial charge >= 0.3 is 141 Å². The normalized spacial score (nSPS) is 11.0. The summed E-state index contributed by atoms with van der Waals surface area (Å²) in [6.07, 6.45) is 9.60. The maximum absolute atomic E-state index is 12.9. The van der Waals surface area contributed by atoms with Gasteiger partial charge in [-0.3, -0.25) is 68.0 Å². The van der Waals surface area contributed by atoms with Crippen LogP contribution in [-0.4, -0.2) is 124 Å². The van der Waals surface area contributed by atoms with E-state index in [4.69, 9.17) is 17.6 Å². The molecule has 0 fully saturated rings. The Morgan fingerprint density at radius 2 is 0.724 bits per heavy atom. The van der Waals surface area contributed by atoms with Gasteiger partial charge in [-0.2, -0.15) is 20.4 Å². The third-order valence-corrected chi connectivity index (χ3v) is 19.6. The summed E-state index contributed by atoms with van der Waals surface area (Å²) in [5.74, 6) is -1.71. The van der Waals surface area contributed by atoms with Crippen LogP contribution in [0.4, 0.5) is 4.39 Å². The van der Waals surface area contributed by atoms with Crippen LogP contribution < -0.4 is 32.1 Å². The van der Waals surface area contributed by atoms with E-state index >= 15 is 0 Å². The van der Waals surface area contributed by atoms with Gasteiger partial charge < -0.3 is 15.8 Å². The average Bonchev–Trinajstić information content (AvgIpc) is 0.809. The van der Waals surface area contributed by atoms with Gasteiger partial charge in [-0.1, -0.05) is 119 Å². The van der Waals surface area contributed by atoms with E-state index in [-0.39, 0.29) is 81.0 Å². The Kier molecular flexibility index (Phi) is 27.7. The predicted octanol–water partition coefficient (Wildman–Crippen LogP) is 11.2. The molecule has 586 valence electrons. The van der Waals surface area contributed by atoms with E-state index < -0.39 is 11.3 Å². The molecule has 116 heavy (non-hydrogen) atoms. The van der Waals surface area contributed by atoms with Gasteiger partial charge in [-0.15, -0.1) is 0 Å². The van der Waals surface area contributed by atoms with Gasteiger partial charge in [0, 0.05) is 78.9 Å². The minimum Gasteiger partial charge on any atom is -0.296 e. The number of nitrogens with zero attached hydrogens (tertiary/aromatic N) is 16. The Balaban J connectivity index is 0.000000143. The smallest absolute Gasteiger partial charge is 0.185 e. The number of Topliss-reactive ketones (excluding diaryl/α,β-unsaturated/α-hetero) is 2. The van der Waals surface area contributed by atoms with Crippen molar-refractivity contribution >= 4 is 112 Å². The van der Waals surface area contributed by atoms with Crippen LogP contribution in [0.5, 0.6) is 0 Å². The zero-order chi connectivity index (χ0) is 82.7. The first-order valence-electron chi connectivity index (χ1n) is 36.5. The molecule has 0 aliphatic rings. The quantitative estimate of drug-likeness (QED) is 0.0186. The largest absolute Gasteiger partial charge is 0.296 e. The molecule has 10 aromatic heterocycles. The molecule has 0 radical (unpaired) electrons. The van der Waals surface area contributed by atoms with Gasteiger partial charge in [0.15, 0.2) is 39.7 Å². The third-order valence-electron chi connectivity index (χ3n) is 18.4. The number of fused-ring (bicyclic) bond motifs is 5. The summed E-state index contributed by atoms with van der Waals surface area (Å²) in [6.45, 7) is 9.33. The van der Waals surface area contributed by atoms with E-state index in [1.54, 1.807) is 129 Å². The molecule has 0 spiro atoms. The van der Waals surface area contributed by atoms with Crippen molar-refractivity contribution in [1.82, 2.24) is 89.8 Å². The first kappa shape index (κ1) is 83.1. The van der Waals surface area contributed by atoms with Crippen LogP contribution in [0, 0.1) is 47.5 Å². The molecule has 5 aromatic carbocycles. The summed E-state index contributed by atoms with van der Waals surface area (Å²) in [4.78, 5) is 95.6. The second-order valence-electron chi connectivity index (χ2n) is 27.0. The van der Waals surface area contributed by atoms with Crippen LogP contribution in [0.25, 0.3) is 55.2 Å². The van der Waals surface area contributed by atoms with Gasteiger partial charge in [0.1, 0.15) is 33.2 Å². The zero-order valence-corrected chi connectivity index (χ0v) is 67.4. The number of hydrogen-bond donors (Lipinski definition) is 5. The van der Waals surface area contributed by atoms with Gasteiger partial charge in [0.05, 0.1) is 26.6 Å². The number of pyridine rings is 5. The van der Waals surface area contributed by atoms with Crippen molar-refractivity contribution in [2.45, 2.75) is 73.0 Å². The summed E-state index contributed by atoms with van der Waals surface area (Å²) in [5.41, 5.74) is 16.1. The van der Waals surface area contributed by atoms with Gasteiger partial charge in [0.25, 0.3) is 11.8 Å². The molecule has 27 nitrogen and oxygen atoms in total. The van der Waals surface area contributed by atoms with Crippen LogP contribution >= 0.6 is 12.2 Å². The van der Waals surface area contributed by atoms with Crippen LogP contribution in [0.2, 0.25) is 0 Å². The van der Waals surface area contributed by atoms with E-state index in [0.717, 1.165) is 49.9 Å². The molecule has 15 aromatic rings. The topological polar surface area (TPSA) is 348 Å². The first-order valence-corrected chi connectivity index (χ1v) is 37.8. The number of carbonyl (C=O) groups excluding carboxylic acids is 5. The molecule has 0 unspecified atom stereocenters. The Morgan fingerprint density at radius 3 is 1.17 bits per heavy atom. The maximum atomic E-state index is 12.9. The molecular formula is C86H81FN20O7SSe. The summed E-state index contributed by atoms with van der Waals surface area (Å²) in [6, 6.07) is 56.0. The maximum Gasteiger partial charge on any atom is 0.185 e. The van der Waals surface area contributed by atoms with Crippen molar-refractivity contribution in [2.75, 3.05) is 0 Å². The molecule has 0 saturated heterocycles. The number of hydrogen-bond acceptors (Lipinski definition) is 20. The van der Waals surface area contributed by atoms with Crippen LogP contribution in [-0.2, 0) is 67.7 Å². The molecule has 0 bridgehead atoms. The molecule has 30 heteroatoms. The SMILES string of the molecule is Cc1ccc(CCC(=O)c2nn(C)c3cccnc3c2=O)cc1.Cc1ccc(CNC(=O)c2nn(C)c3cccnc3/c2=N/O)cc1.Cc1ccc(CNC(=O)c2nn(C)c3cccnc3c2=S)cc1.Cc1ccc(CNC(=O)c2nn(C)c3cccnc3c2=[Se])cc1.Cn1nc(C(=O)CCc2ccc(F)cc2)c(=N)c2ncccc21. The molecular weight excluding hydrogens is 1560 g/mol.